The lowest BCUT2D eigenvalue weighted by molar-refractivity contribution is -0.604. The molecule has 2 heterocycles. The minimum Gasteiger partial charge on any atom is -0.298 e. The molecule has 73 heavy (non-hydrogen) atoms. The zero-order valence-electron chi connectivity index (χ0n) is 31.7. The SMILES string of the molecule is O=C1C2C(=O)N(OS(=O)(=O)C(F)(F)C(F)(F)C(F)(F)C(F)(F)C(F)(F)C(F)(F)C(F)(F)C(F)(F)F)C(=O)C2C2C[N+](=O)C(OS(=O)(=O)C(F)(F)C(F)(F)C(F)(F)C(F)(F)C(F)(F)C(F)(F)C(F)(F)C(F)(F)F)C12. The number of Topliss-reactive ketones (excluding diaryl/α,β-unsaturated/α-hetero) is 1. The van der Waals surface area contributed by atoms with Crippen LogP contribution in [0, 0.1) is 28.6 Å². The van der Waals surface area contributed by atoms with E-state index in [1.54, 1.807) is 0 Å². The first kappa shape index (κ1) is 63.1. The number of amides is 2. The topological polar surface area (TPSA) is 161 Å². The summed E-state index contributed by atoms with van der Waals surface area (Å²) in [4.78, 5) is 50.9. The summed E-state index contributed by atoms with van der Waals surface area (Å²) in [5.74, 6) is -133. The van der Waals surface area contributed by atoms with Gasteiger partial charge in [0.15, 0.2) is 12.3 Å². The van der Waals surface area contributed by atoms with E-state index in [4.69, 9.17) is 0 Å². The number of ketones is 1. The second-order valence-electron chi connectivity index (χ2n) is 14.6. The van der Waals surface area contributed by atoms with Gasteiger partial charge in [0.2, 0.25) is 0 Å². The summed E-state index contributed by atoms with van der Waals surface area (Å²) in [7, 11) is -17.8. The zero-order chi connectivity index (χ0) is 58.9. The molecule has 0 bridgehead atoms. The number of rotatable bonds is 18. The molecule has 12 nitrogen and oxygen atoms in total. The van der Waals surface area contributed by atoms with Gasteiger partial charge in [0.05, 0.1) is 11.8 Å². The molecule has 5 unspecified atom stereocenters. The maximum Gasteiger partial charge on any atom is 0.460 e. The third-order valence-corrected chi connectivity index (χ3v) is 12.8. The molecule has 1 saturated carbocycles. The van der Waals surface area contributed by atoms with Crippen LogP contribution < -0.4 is 0 Å². The van der Waals surface area contributed by atoms with Crippen molar-refractivity contribution in [1.82, 2.24) is 5.06 Å². The standard InChI is InChI=1S/C25H7F34N2O10S2/c26-10(27,14(34,35)18(42,43)22(50,51)52)12(30,31)16(38,39)20(46,47)24(56,57)72(66,67)70-9-4-2(1-60(9)65)3-5(6(4)62)8(64)61(7(3)63)71-73(68,69)25(58,59)21(48,49)17(40,41)13(32,33)11(28,29)15(36,37)19(44,45)23(53,54)55/h2-5,9H,1H2/q+1. The van der Waals surface area contributed by atoms with Crippen molar-refractivity contribution in [1.29, 1.82) is 0 Å². The van der Waals surface area contributed by atoms with Crippen molar-refractivity contribution in [2.75, 3.05) is 6.54 Å². The fraction of sp³-hybridized carbons (Fsp3) is 0.880. The molecule has 3 fully saturated rings. The number of carbonyl (C=O) groups is 3. The van der Waals surface area contributed by atoms with Gasteiger partial charge in [-0.1, -0.05) is 0 Å². The molecule has 3 rings (SSSR count). The fourth-order valence-electron chi connectivity index (χ4n) is 6.24. The van der Waals surface area contributed by atoms with Gasteiger partial charge in [0.25, 0.3) is 11.8 Å². The van der Waals surface area contributed by atoms with Crippen LogP contribution in [0.2, 0.25) is 0 Å². The van der Waals surface area contributed by atoms with E-state index in [1.807, 2.05) is 0 Å². The second kappa shape index (κ2) is 16.2. The highest BCUT2D eigenvalue weighted by Gasteiger charge is 2.98. The van der Waals surface area contributed by atoms with Crippen molar-refractivity contribution in [2.24, 2.45) is 23.7 Å². The lowest BCUT2D eigenvalue weighted by atomic mass is 9.90. The summed E-state index contributed by atoms with van der Waals surface area (Å²) >= 11 is 0. The molecule has 0 spiro atoms. The number of nitroso groups, excluding NO2 is 1. The number of imide groups is 1. The highest BCUT2D eigenvalue weighted by molar-refractivity contribution is 7.88. The molecule has 0 N–H and O–H groups in total. The summed E-state index contributed by atoms with van der Waals surface area (Å²) in [5, 5.41) is -19.4. The Kier molecular flexibility index (Phi) is 14.0. The Morgan fingerprint density at radius 3 is 0.973 bits per heavy atom. The number of alkyl halides is 34. The minimum atomic E-state index is -9.46. The Labute approximate surface area is 372 Å². The monoisotopic (exact) mass is 1200 g/mol. The zero-order valence-corrected chi connectivity index (χ0v) is 33.4. The van der Waals surface area contributed by atoms with Crippen LogP contribution in [-0.2, 0) is 43.1 Å². The van der Waals surface area contributed by atoms with Crippen LogP contribution in [0.3, 0.4) is 0 Å². The van der Waals surface area contributed by atoms with E-state index in [0.29, 0.717) is 0 Å². The van der Waals surface area contributed by atoms with Crippen molar-refractivity contribution in [2.45, 2.75) is 100 Å². The number of hydrogen-bond acceptors (Lipinski definition) is 10. The molecule has 2 amide bonds. The van der Waals surface area contributed by atoms with Gasteiger partial charge in [-0.2, -0.15) is 170 Å². The first-order valence-corrected chi connectivity index (χ1v) is 19.3. The number of halogens is 34. The smallest absolute Gasteiger partial charge is 0.298 e. The van der Waals surface area contributed by atoms with E-state index >= 15 is 0 Å². The van der Waals surface area contributed by atoms with Crippen LogP contribution >= 0.6 is 0 Å². The largest absolute Gasteiger partial charge is 0.460 e. The van der Waals surface area contributed by atoms with Gasteiger partial charge < -0.3 is 0 Å². The molecule has 1 aliphatic carbocycles. The lowest BCUT2D eigenvalue weighted by Gasteiger charge is -2.42. The van der Waals surface area contributed by atoms with E-state index in [0.717, 1.165) is 0 Å². The van der Waals surface area contributed by atoms with Crippen molar-refractivity contribution in [3.05, 3.63) is 4.91 Å². The Morgan fingerprint density at radius 1 is 0.397 bits per heavy atom. The van der Waals surface area contributed by atoms with E-state index in [1.165, 1.54) is 0 Å². The average Bonchev–Trinajstić information content (AvgIpc) is 3.73. The van der Waals surface area contributed by atoms with Gasteiger partial charge in [-0.15, -0.1) is 9.35 Å². The molecular weight excluding hydrogens is 1200 g/mol. The summed E-state index contributed by atoms with van der Waals surface area (Å²) < 4.78 is 516. The predicted molar refractivity (Wildman–Crippen MR) is 144 cm³/mol. The second-order valence-corrected chi connectivity index (χ2v) is 17.7. The first-order valence-electron chi connectivity index (χ1n) is 16.5. The number of hydroxylamine groups is 2. The van der Waals surface area contributed by atoms with Gasteiger partial charge in [-0.05, 0) is 0 Å². The minimum absolute atomic E-state index is 1.55. The van der Waals surface area contributed by atoms with E-state index in [9.17, 15) is 185 Å². The molecular formula is C25H7F34N2O10S2+. The molecule has 0 aromatic heterocycles. The van der Waals surface area contributed by atoms with E-state index < -0.39 is 178 Å². The van der Waals surface area contributed by atoms with Gasteiger partial charge in [-0.25, -0.2) is 0 Å². The van der Waals surface area contributed by atoms with Crippen molar-refractivity contribution in [3.8, 4) is 0 Å². The van der Waals surface area contributed by atoms with Crippen LogP contribution in [0.1, 0.15) is 0 Å². The molecule has 0 aromatic carbocycles. The molecule has 5 atom stereocenters. The van der Waals surface area contributed by atoms with Crippen LogP contribution in [0.4, 0.5) is 149 Å². The number of nitrogens with zero attached hydrogens (tertiary/aromatic N) is 2. The Hall–Kier alpha value is -4.15. The molecule has 2 aliphatic heterocycles. The van der Waals surface area contributed by atoms with Gasteiger partial charge in [0.1, 0.15) is 11.8 Å². The number of hydrogen-bond donors (Lipinski definition) is 0. The van der Waals surface area contributed by atoms with Crippen LogP contribution in [-0.4, -0.2) is 151 Å². The molecule has 2 saturated heterocycles. The summed E-state index contributed by atoms with van der Waals surface area (Å²) in [5.41, 5.74) is 0. The van der Waals surface area contributed by atoms with Crippen LogP contribution in [0.15, 0.2) is 0 Å². The predicted octanol–water partition coefficient (Wildman–Crippen LogP) is 8.06. The van der Waals surface area contributed by atoms with E-state index in [-0.39, 0.29) is 0 Å². The Morgan fingerprint density at radius 2 is 0.671 bits per heavy atom. The maximum atomic E-state index is 14.6. The lowest BCUT2D eigenvalue weighted by Crippen LogP contribution is -2.75. The van der Waals surface area contributed by atoms with Crippen LogP contribution in [0.25, 0.3) is 0 Å². The van der Waals surface area contributed by atoms with Gasteiger partial charge >= 0.3 is 120 Å². The summed E-state index contributed by atoms with van der Waals surface area (Å²) in [6, 6.07) is 0. The number of carbonyl (C=O) groups excluding carboxylic acids is 3. The quantitative estimate of drug-likeness (QED) is 0.0432. The highest BCUT2D eigenvalue weighted by atomic mass is 32.2. The first-order chi connectivity index (χ1) is 31.3. The molecule has 0 aromatic rings. The van der Waals surface area contributed by atoms with E-state index in [2.05, 4.69) is 8.47 Å². The summed E-state index contributed by atoms with van der Waals surface area (Å²) in [6.45, 7) is -2.25. The maximum absolute atomic E-state index is 14.6. The fourth-order valence-corrected chi connectivity index (χ4v) is 8.15. The van der Waals surface area contributed by atoms with Gasteiger partial charge in [0, 0.05) is 9.67 Å². The van der Waals surface area contributed by atoms with Crippen molar-refractivity contribution >= 4 is 37.8 Å². The molecule has 426 valence electrons. The molecule has 0 radical (unpaired) electrons. The van der Waals surface area contributed by atoms with Crippen molar-refractivity contribution in [3.63, 3.8) is 0 Å². The molecule has 3 aliphatic rings. The Balaban J connectivity index is 2.02. The van der Waals surface area contributed by atoms with Crippen LogP contribution in [0.5, 0.6) is 0 Å². The Bertz CT molecular complexity index is 2520. The highest BCUT2D eigenvalue weighted by Crippen LogP contribution is 2.67. The van der Waals surface area contributed by atoms with Gasteiger partial charge in [-0.3, -0.25) is 14.4 Å². The number of fused-ring (bicyclic) bond motifs is 3. The van der Waals surface area contributed by atoms with Crippen molar-refractivity contribution < 1.29 is 194 Å². The third kappa shape index (κ3) is 7.52. The third-order valence-electron chi connectivity index (χ3n) is 10.3. The molecule has 48 heteroatoms. The summed E-state index contributed by atoms with van der Waals surface area (Å²) in [6.07, 6.45) is -20.7. The normalized spacial score (nSPS) is 24.0. The average molecular weight is 1210 g/mol.